The molecule has 1 heterocycles. The van der Waals surface area contributed by atoms with Gasteiger partial charge in [-0.05, 0) is 18.4 Å². The number of aromatic nitrogens is 2. The second kappa shape index (κ2) is 5.21. The topological polar surface area (TPSA) is 64.0 Å². The van der Waals surface area contributed by atoms with Crippen molar-refractivity contribution in [3.8, 4) is 0 Å². The number of anilines is 1. The highest BCUT2D eigenvalue weighted by Crippen LogP contribution is 2.25. The Balaban J connectivity index is 2.01. The van der Waals surface area contributed by atoms with Gasteiger partial charge in [0.25, 0.3) is 10.0 Å². The van der Waals surface area contributed by atoms with E-state index >= 15 is 0 Å². The van der Waals surface area contributed by atoms with E-state index < -0.39 is 10.0 Å². The van der Waals surface area contributed by atoms with Gasteiger partial charge in [0.15, 0.2) is 0 Å². The third kappa shape index (κ3) is 2.62. The van der Waals surface area contributed by atoms with Crippen molar-refractivity contribution in [3.05, 3.63) is 54.9 Å². The maximum atomic E-state index is 12.4. The fourth-order valence-corrected chi connectivity index (χ4v) is 3.21. The molecular formula is C15H15N3O2S. The van der Waals surface area contributed by atoms with Gasteiger partial charge in [0.05, 0.1) is 11.9 Å². The maximum Gasteiger partial charge on any atom is 0.265 e. The zero-order valence-corrected chi connectivity index (χ0v) is 12.3. The van der Waals surface area contributed by atoms with Crippen LogP contribution in [0.15, 0.2) is 59.8 Å². The normalized spacial score (nSPS) is 11.7. The van der Waals surface area contributed by atoms with Crippen molar-refractivity contribution in [3.63, 3.8) is 0 Å². The van der Waals surface area contributed by atoms with E-state index in [1.807, 2.05) is 43.3 Å². The van der Waals surface area contributed by atoms with Gasteiger partial charge in [-0.2, -0.15) is 5.10 Å². The summed E-state index contributed by atoms with van der Waals surface area (Å²) in [5.41, 5.74) is 0.567. The standard InChI is InChI=1S/C15H15N3O2S/c1-2-18-11-13(10-16-18)21(19,20)17-15-9-5-7-12-6-3-4-8-14(12)15/h3-11,17H,2H2,1H3. The van der Waals surface area contributed by atoms with Crippen molar-refractivity contribution in [1.82, 2.24) is 9.78 Å². The fourth-order valence-electron chi connectivity index (χ4n) is 2.17. The molecule has 0 aliphatic carbocycles. The van der Waals surface area contributed by atoms with Gasteiger partial charge in [0.2, 0.25) is 0 Å². The molecule has 0 aliphatic rings. The van der Waals surface area contributed by atoms with Crippen LogP contribution in [0, 0.1) is 0 Å². The maximum absolute atomic E-state index is 12.4. The second-order valence-electron chi connectivity index (χ2n) is 4.66. The Morgan fingerprint density at radius 3 is 2.67 bits per heavy atom. The lowest BCUT2D eigenvalue weighted by atomic mass is 10.1. The van der Waals surface area contributed by atoms with Crippen LogP contribution in [0.1, 0.15) is 6.92 Å². The van der Waals surface area contributed by atoms with E-state index in [2.05, 4.69) is 9.82 Å². The van der Waals surface area contributed by atoms with E-state index in [1.54, 1.807) is 10.7 Å². The molecule has 0 aliphatic heterocycles. The summed E-state index contributed by atoms with van der Waals surface area (Å²) < 4.78 is 29.0. The van der Waals surface area contributed by atoms with E-state index in [0.29, 0.717) is 12.2 Å². The van der Waals surface area contributed by atoms with Crippen molar-refractivity contribution in [2.75, 3.05) is 4.72 Å². The Morgan fingerprint density at radius 2 is 1.90 bits per heavy atom. The number of aryl methyl sites for hydroxylation is 1. The van der Waals surface area contributed by atoms with Gasteiger partial charge in [-0.25, -0.2) is 8.42 Å². The minimum Gasteiger partial charge on any atom is -0.279 e. The van der Waals surface area contributed by atoms with E-state index in [1.165, 1.54) is 12.4 Å². The summed E-state index contributed by atoms with van der Waals surface area (Å²) in [4.78, 5) is 0.164. The molecule has 1 aromatic heterocycles. The molecule has 0 spiro atoms. The average molecular weight is 301 g/mol. The molecule has 0 unspecified atom stereocenters. The van der Waals surface area contributed by atoms with Crippen LogP contribution in [0.4, 0.5) is 5.69 Å². The van der Waals surface area contributed by atoms with Gasteiger partial charge in [-0.15, -0.1) is 0 Å². The molecule has 2 aromatic carbocycles. The Labute approximate surface area is 123 Å². The van der Waals surface area contributed by atoms with E-state index in [0.717, 1.165) is 10.8 Å². The molecule has 3 aromatic rings. The summed E-state index contributed by atoms with van der Waals surface area (Å²) in [6, 6.07) is 13.2. The Bertz CT molecular complexity index is 879. The SMILES string of the molecule is CCn1cc(S(=O)(=O)Nc2cccc3ccccc23)cn1. The molecule has 0 radical (unpaired) electrons. The molecule has 0 bridgehead atoms. The van der Waals surface area contributed by atoms with Crippen molar-refractivity contribution < 1.29 is 8.42 Å². The van der Waals surface area contributed by atoms with Gasteiger partial charge in [0, 0.05) is 18.1 Å². The third-order valence-corrected chi connectivity index (χ3v) is 4.60. The smallest absolute Gasteiger partial charge is 0.265 e. The number of hydrogen-bond acceptors (Lipinski definition) is 3. The van der Waals surface area contributed by atoms with Gasteiger partial charge in [-0.3, -0.25) is 9.40 Å². The predicted octanol–water partition coefficient (Wildman–Crippen LogP) is 2.86. The molecule has 0 saturated heterocycles. The lowest BCUT2D eigenvalue weighted by Crippen LogP contribution is -2.12. The Hall–Kier alpha value is -2.34. The van der Waals surface area contributed by atoms with Crippen LogP contribution in [0.5, 0.6) is 0 Å². The van der Waals surface area contributed by atoms with Gasteiger partial charge in [0.1, 0.15) is 4.90 Å². The molecule has 0 atom stereocenters. The number of nitrogens with one attached hydrogen (secondary N) is 1. The zero-order chi connectivity index (χ0) is 14.9. The monoisotopic (exact) mass is 301 g/mol. The molecular weight excluding hydrogens is 286 g/mol. The van der Waals surface area contributed by atoms with E-state index in [-0.39, 0.29) is 4.90 Å². The molecule has 0 amide bonds. The second-order valence-corrected chi connectivity index (χ2v) is 6.35. The van der Waals surface area contributed by atoms with Crippen molar-refractivity contribution in [1.29, 1.82) is 0 Å². The summed E-state index contributed by atoms with van der Waals surface area (Å²) >= 11 is 0. The van der Waals surface area contributed by atoms with Gasteiger partial charge >= 0.3 is 0 Å². The molecule has 6 heteroatoms. The summed E-state index contributed by atoms with van der Waals surface area (Å²) in [5, 5.41) is 5.86. The first kappa shape index (κ1) is 13.6. The average Bonchev–Trinajstić information content (AvgIpc) is 2.97. The molecule has 21 heavy (non-hydrogen) atoms. The molecule has 0 saturated carbocycles. The number of sulfonamides is 1. The molecule has 0 fully saturated rings. The van der Waals surface area contributed by atoms with Crippen LogP contribution in [-0.2, 0) is 16.6 Å². The fraction of sp³-hybridized carbons (Fsp3) is 0.133. The quantitative estimate of drug-likeness (QED) is 0.806. The highest BCUT2D eigenvalue weighted by Gasteiger charge is 2.17. The summed E-state index contributed by atoms with van der Waals surface area (Å²) in [6.07, 6.45) is 2.88. The largest absolute Gasteiger partial charge is 0.279 e. The first-order valence-corrected chi connectivity index (χ1v) is 8.11. The molecule has 5 nitrogen and oxygen atoms in total. The lowest BCUT2D eigenvalue weighted by Gasteiger charge is -2.09. The molecule has 108 valence electrons. The third-order valence-electron chi connectivity index (χ3n) is 3.28. The highest BCUT2D eigenvalue weighted by molar-refractivity contribution is 7.92. The lowest BCUT2D eigenvalue weighted by molar-refractivity contribution is 0.600. The van der Waals surface area contributed by atoms with Crippen LogP contribution >= 0.6 is 0 Å². The number of hydrogen-bond donors (Lipinski definition) is 1. The van der Waals surface area contributed by atoms with Crippen LogP contribution in [0.2, 0.25) is 0 Å². The van der Waals surface area contributed by atoms with Crippen molar-refractivity contribution in [2.24, 2.45) is 0 Å². The minimum atomic E-state index is -3.63. The zero-order valence-electron chi connectivity index (χ0n) is 11.5. The van der Waals surface area contributed by atoms with Crippen molar-refractivity contribution in [2.45, 2.75) is 18.4 Å². The molecule has 1 N–H and O–H groups in total. The van der Waals surface area contributed by atoms with Crippen molar-refractivity contribution >= 4 is 26.5 Å². The first-order chi connectivity index (χ1) is 10.1. The Morgan fingerprint density at radius 1 is 1.14 bits per heavy atom. The van der Waals surface area contributed by atoms with E-state index in [4.69, 9.17) is 0 Å². The first-order valence-electron chi connectivity index (χ1n) is 6.63. The number of fused-ring (bicyclic) bond motifs is 1. The highest BCUT2D eigenvalue weighted by atomic mass is 32.2. The minimum absolute atomic E-state index is 0.164. The van der Waals surface area contributed by atoms with Crippen LogP contribution in [-0.4, -0.2) is 18.2 Å². The van der Waals surface area contributed by atoms with Crippen LogP contribution in [0.25, 0.3) is 10.8 Å². The van der Waals surface area contributed by atoms with E-state index in [9.17, 15) is 8.42 Å². The van der Waals surface area contributed by atoms with Crippen LogP contribution < -0.4 is 4.72 Å². The summed E-state index contributed by atoms with van der Waals surface area (Å²) in [6.45, 7) is 2.53. The number of benzene rings is 2. The van der Waals surface area contributed by atoms with Gasteiger partial charge < -0.3 is 0 Å². The predicted molar refractivity (Wildman–Crippen MR) is 82.7 cm³/mol. The number of rotatable bonds is 4. The summed E-state index contributed by atoms with van der Waals surface area (Å²) in [5.74, 6) is 0. The molecule has 3 rings (SSSR count). The Kier molecular flexibility index (Phi) is 3.39. The van der Waals surface area contributed by atoms with Crippen LogP contribution in [0.3, 0.4) is 0 Å². The summed E-state index contributed by atoms with van der Waals surface area (Å²) in [7, 11) is -3.63. The number of nitrogens with zero attached hydrogens (tertiary/aromatic N) is 2. The van der Waals surface area contributed by atoms with Gasteiger partial charge in [-0.1, -0.05) is 36.4 Å².